The Hall–Kier alpha value is -0.570. The van der Waals surface area contributed by atoms with Gasteiger partial charge in [0, 0.05) is 6.04 Å². The molecule has 2 fully saturated rings. The molecule has 0 heterocycles. The minimum atomic E-state index is -0.438. The molecule has 1 amide bonds. The van der Waals surface area contributed by atoms with Gasteiger partial charge in [0.2, 0.25) is 5.91 Å². The lowest BCUT2D eigenvalue weighted by atomic mass is 9.70. The van der Waals surface area contributed by atoms with Crippen molar-refractivity contribution in [2.24, 2.45) is 17.6 Å². The number of amides is 1. The van der Waals surface area contributed by atoms with E-state index < -0.39 is 5.54 Å². The van der Waals surface area contributed by atoms with E-state index in [1.807, 2.05) is 0 Å². The van der Waals surface area contributed by atoms with E-state index >= 15 is 0 Å². The fourth-order valence-electron chi connectivity index (χ4n) is 4.33. The van der Waals surface area contributed by atoms with E-state index in [1.165, 1.54) is 44.9 Å². The molecule has 0 aromatic heterocycles. The highest BCUT2D eigenvalue weighted by molar-refractivity contribution is 5.84. The van der Waals surface area contributed by atoms with Gasteiger partial charge in [-0.1, -0.05) is 39.5 Å². The van der Waals surface area contributed by atoms with Crippen molar-refractivity contribution >= 4 is 5.91 Å². The normalized spacial score (nSPS) is 37.8. The van der Waals surface area contributed by atoms with Crippen LogP contribution in [0.5, 0.6) is 0 Å². The van der Waals surface area contributed by atoms with Gasteiger partial charge in [-0.2, -0.15) is 0 Å². The summed E-state index contributed by atoms with van der Waals surface area (Å²) in [6, 6.07) is 0.493. The van der Waals surface area contributed by atoms with E-state index in [2.05, 4.69) is 19.2 Å². The summed E-state index contributed by atoms with van der Waals surface area (Å²) in [6.45, 7) is 4.50. The summed E-state index contributed by atoms with van der Waals surface area (Å²) in [4.78, 5) is 12.1. The van der Waals surface area contributed by atoms with Gasteiger partial charge < -0.3 is 11.1 Å². The molecular formula is C16H30N2O. The number of nitrogens with two attached hydrogens (primary N) is 1. The molecule has 0 spiro atoms. The zero-order valence-electron chi connectivity index (χ0n) is 12.6. The highest BCUT2D eigenvalue weighted by atomic mass is 16.1. The molecule has 0 aromatic carbocycles. The molecule has 19 heavy (non-hydrogen) atoms. The molecule has 3 N–H and O–H groups in total. The molecule has 0 aliphatic heterocycles. The van der Waals surface area contributed by atoms with Gasteiger partial charge in [0.15, 0.2) is 0 Å². The molecule has 2 saturated carbocycles. The van der Waals surface area contributed by atoms with Gasteiger partial charge >= 0.3 is 0 Å². The van der Waals surface area contributed by atoms with Gasteiger partial charge in [0.1, 0.15) is 0 Å². The summed E-state index contributed by atoms with van der Waals surface area (Å²) in [5.41, 5.74) is 5.34. The number of primary amides is 1. The largest absolute Gasteiger partial charge is 0.368 e. The number of rotatable bonds is 3. The van der Waals surface area contributed by atoms with Gasteiger partial charge in [-0.3, -0.25) is 4.79 Å². The molecule has 0 bridgehead atoms. The fourth-order valence-corrected chi connectivity index (χ4v) is 4.33. The predicted octanol–water partition coefficient (Wildman–Crippen LogP) is 2.98. The van der Waals surface area contributed by atoms with Crippen LogP contribution in [0.3, 0.4) is 0 Å². The lowest BCUT2D eigenvalue weighted by Gasteiger charge is -2.43. The Labute approximate surface area is 117 Å². The van der Waals surface area contributed by atoms with Crippen molar-refractivity contribution in [1.82, 2.24) is 5.32 Å². The third kappa shape index (κ3) is 3.71. The molecule has 0 saturated heterocycles. The van der Waals surface area contributed by atoms with Crippen molar-refractivity contribution in [3.05, 3.63) is 0 Å². The first-order valence-electron chi connectivity index (χ1n) is 8.09. The summed E-state index contributed by atoms with van der Waals surface area (Å²) in [7, 11) is 0. The van der Waals surface area contributed by atoms with Gasteiger partial charge in [-0.25, -0.2) is 0 Å². The zero-order chi connectivity index (χ0) is 13.9. The topological polar surface area (TPSA) is 55.1 Å². The molecule has 110 valence electrons. The maximum Gasteiger partial charge on any atom is 0.237 e. The van der Waals surface area contributed by atoms with Crippen LogP contribution in [-0.2, 0) is 4.79 Å². The summed E-state index contributed by atoms with van der Waals surface area (Å²) >= 11 is 0. The molecule has 3 nitrogen and oxygen atoms in total. The molecule has 2 atom stereocenters. The second kappa shape index (κ2) is 6.25. The van der Waals surface area contributed by atoms with E-state index in [1.54, 1.807) is 0 Å². The van der Waals surface area contributed by atoms with Gasteiger partial charge in [0.05, 0.1) is 5.54 Å². The van der Waals surface area contributed by atoms with E-state index in [9.17, 15) is 4.79 Å². The Morgan fingerprint density at radius 2 is 1.58 bits per heavy atom. The molecule has 2 aliphatic rings. The summed E-state index contributed by atoms with van der Waals surface area (Å²) in [6.07, 6.45) is 10.7. The smallest absolute Gasteiger partial charge is 0.237 e. The Balaban J connectivity index is 2.07. The number of hydrogen-bond acceptors (Lipinski definition) is 2. The summed E-state index contributed by atoms with van der Waals surface area (Å²) in [5.74, 6) is 1.05. The van der Waals surface area contributed by atoms with E-state index in [0.29, 0.717) is 17.9 Å². The molecule has 0 radical (unpaired) electrons. The monoisotopic (exact) mass is 266 g/mol. The van der Waals surface area contributed by atoms with Crippen LogP contribution < -0.4 is 11.1 Å². The van der Waals surface area contributed by atoms with Gasteiger partial charge in [0.25, 0.3) is 0 Å². The quantitative estimate of drug-likeness (QED) is 0.772. The zero-order valence-corrected chi connectivity index (χ0v) is 12.6. The van der Waals surface area contributed by atoms with Crippen LogP contribution in [0.1, 0.15) is 71.6 Å². The van der Waals surface area contributed by atoms with E-state index in [0.717, 1.165) is 12.8 Å². The van der Waals surface area contributed by atoms with Crippen molar-refractivity contribution < 1.29 is 4.79 Å². The lowest BCUT2D eigenvalue weighted by Crippen LogP contribution is -2.61. The molecule has 2 rings (SSSR count). The minimum Gasteiger partial charge on any atom is -0.368 e. The second-order valence-electron chi connectivity index (χ2n) is 7.13. The van der Waals surface area contributed by atoms with Crippen molar-refractivity contribution in [3.8, 4) is 0 Å². The fraction of sp³-hybridized carbons (Fsp3) is 0.938. The molecule has 3 heteroatoms. The number of nitrogens with one attached hydrogen (secondary N) is 1. The lowest BCUT2D eigenvalue weighted by molar-refractivity contribution is -0.127. The number of hydrogen-bond donors (Lipinski definition) is 2. The van der Waals surface area contributed by atoms with E-state index in [4.69, 9.17) is 5.73 Å². The third-order valence-corrected chi connectivity index (χ3v) is 5.01. The highest BCUT2D eigenvalue weighted by Crippen LogP contribution is 2.37. The Morgan fingerprint density at radius 1 is 1.05 bits per heavy atom. The summed E-state index contributed by atoms with van der Waals surface area (Å²) < 4.78 is 0. The standard InChI is InChI=1S/C16H30N2O/c1-12-9-13(2)11-16(10-12,15(17)19)18-14-7-5-3-4-6-8-14/h12-14,18H,3-11H2,1-2H3,(H2,17,19). The van der Waals surface area contributed by atoms with E-state index in [-0.39, 0.29) is 5.91 Å². The van der Waals surface area contributed by atoms with Crippen LogP contribution >= 0.6 is 0 Å². The highest BCUT2D eigenvalue weighted by Gasteiger charge is 2.43. The predicted molar refractivity (Wildman–Crippen MR) is 78.7 cm³/mol. The minimum absolute atomic E-state index is 0.129. The van der Waals surface area contributed by atoms with Crippen LogP contribution in [0.2, 0.25) is 0 Å². The maximum absolute atomic E-state index is 12.1. The first kappa shape index (κ1) is 14.8. The first-order chi connectivity index (χ1) is 9.02. The van der Waals surface area contributed by atoms with Gasteiger partial charge in [-0.15, -0.1) is 0 Å². The van der Waals surface area contributed by atoms with Crippen molar-refractivity contribution in [3.63, 3.8) is 0 Å². The van der Waals surface area contributed by atoms with Crippen LogP contribution in [0, 0.1) is 11.8 Å². The van der Waals surface area contributed by atoms with Crippen molar-refractivity contribution in [1.29, 1.82) is 0 Å². The number of carbonyl (C=O) groups is 1. The second-order valence-corrected chi connectivity index (χ2v) is 7.13. The Kier molecular flexibility index (Phi) is 4.88. The molecule has 2 aliphatic carbocycles. The van der Waals surface area contributed by atoms with Gasteiger partial charge in [-0.05, 0) is 43.9 Å². The van der Waals surface area contributed by atoms with Crippen LogP contribution in [0.4, 0.5) is 0 Å². The van der Waals surface area contributed by atoms with Crippen molar-refractivity contribution in [2.45, 2.75) is 83.2 Å². The SMILES string of the molecule is CC1CC(C)CC(NC2CCCCCC2)(C(N)=O)C1. The maximum atomic E-state index is 12.1. The Bertz CT molecular complexity index is 298. The molecule has 2 unspecified atom stereocenters. The van der Waals surface area contributed by atoms with Crippen molar-refractivity contribution in [2.75, 3.05) is 0 Å². The molecule has 0 aromatic rings. The number of carbonyl (C=O) groups excluding carboxylic acids is 1. The average Bonchev–Trinajstić information content (AvgIpc) is 2.56. The summed E-state index contributed by atoms with van der Waals surface area (Å²) in [5, 5.41) is 3.70. The van der Waals surface area contributed by atoms with Crippen LogP contribution in [-0.4, -0.2) is 17.5 Å². The average molecular weight is 266 g/mol. The Morgan fingerprint density at radius 3 is 2.05 bits per heavy atom. The third-order valence-electron chi connectivity index (χ3n) is 5.01. The first-order valence-corrected chi connectivity index (χ1v) is 8.09. The van der Waals surface area contributed by atoms with Crippen LogP contribution in [0.15, 0.2) is 0 Å². The molecular weight excluding hydrogens is 236 g/mol. The van der Waals surface area contributed by atoms with Crippen LogP contribution in [0.25, 0.3) is 0 Å².